The Bertz CT molecular complexity index is 1000. The molecule has 1 aromatic heterocycles. The number of hydrogen-bond donors (Lipinski definition) is 2. The smallest absolute Gasteiger partial charge is 0.381 e. The van der Waals surface area contributed by atoms with Gasteiger partial charge in [-0.15, -0.1) is 13.2 Å². The lowest BCUT2D eigenvalue weighted by atomic mass is 9.89. The van der Waals surface area contributed by atoms with Crippen LogP contribution < -0.4 is 10.9 Å². The SMILES string of the molecule is O=c1[nH]c(CSC2CCOCC2)nc2cc(N[C@H]3C[C@@H](OC(F)(F)F)C3)c(F)c(F)c12. The van der Waals surface area contributed by atoms with Crippen molar-refractivity contribution < 1.29 is 31.4 Å². The summed E-state index contributed by atoms with van der Waals surface area (Å²) in [5.41, 5.74) is -1.05. The standard InChI is InChI=1S/C19H20F5N3O3S/c20-16-13(25-9-5-10(6-9)30-19(22,23)24)7-12-15(17(16)21)18(28)27-14(26-12)8-31-11-1-3-29-4-2-11/h7,9-11,25H,1-6,8H2,(H,26,27,28)/t9-,10+. The zero-order valence-corrected chi connectivity index (χ0v) is 17.0. The van der Waals surface area contributed by atoms with Crippen molar-refractivity contribution in [2.24, 2.45) is 0 Å². The molecule has 0 amide bonds. The van der Waals surface area contributed by atoms with Crippen molar-refractivity contribution in [2.45, 2.75) is 55.2 Å². The Morgan fingerprint density at radius 2 is 1.94 bits per heavy atom. The van der Waals surface area contributed by atoms with E-state index in [-0.39, 0.29) is 24.0 Å². The minimum atomic E-state index is -4.74. The van der Waals surface area contributed by atoms with Crippen LogP contribution in [0.3, 0.4) is 0 Å². The monoisotopic (exact) mass is 465 g/mol. The maximum absolute atomic E-state index is 14.5. The number of rotatable bonds is 6. The summed E-state index contributed by atoms with van der Waals surface area (Å²) >= 11 is 1.61. The molecular weight excluding hydrogens is 445 g/mol. The predicted molar refractivity (Wildman–Crippen MR) is 105 cm³/mol. The average Bonchev–Trinajstić information content (AvgIpc) is 2.68. The van der Waals surface area contributed by atoms with E-state index in [9.17, 15) is 26.7 Å². The minimum Gasteiger partial charge on any atom is -0.381 e. The van der Waals surface area contributed by atoms with Crippen molar-refractivity contribution in [3.8, 4) is 0 Å². The minimum absolute atomic E-state index is 0.00556. The predicted octanol–water partition coefficient (Wildman–Crippen LogP) is 4.09. The number of nitrogens with one attached hydrogen (secondary N) is 2. The van der Waals surface area contributed by atoms with E-state index in [1.165, 1.54) is 6.07 Å². The number of anilines is 1. The fourth-order valence-corrected chi connectivity index (χ4v) is 4.74. The lowest BCUT2D eigenvalue weighted by Gasteiger charge is -2.36. The topological polar surface area (TPSA) is 76.2 Å². The lowest BCUT2D eigenvalue weighted by molar-refractivity contribution is -0.351. The summed E-state index contributed by atoms with van der Waals surface area (Å²) in [6.07, 6.45) is -4.00. The summed E-state index contributed by atoms with van der Waals surface area (Å²) in [6.45, 7) is 1.35. The van der Waals surface area contributed by atoms with E-state index >= 15 is 0 Å². The van der Waals surface area contributed by atoms with Gasteiger partial charge in [0.05, 0.1) is 23.1 Å². The number of H-pyrrole nitrogens is 1. The first kappa shape index (κ1) is 22.3. The molecule has 1 aliphatic heterocycles. The summed E-state index contributed by atoms with van der Waals surface area (Å²) < 4.78 is 74.9. The van der Waals surface area contributed by atoms with Gasteiger partial charge in [0.1, 0.15) is 11.2 Å². The quantitative estimate of drug-likeness (QED) is 0.626. The average molecular weight is 465 g/mol. The van der Waals surface area contributed by atoms with Crippen molar-refractivity contribution in [2.75, 3.05) is 18.5 Å². The molecule has 2 heterocycles. The summed E-state index contributed by atoms with van der Waals surface area (Å²) in [4.78, 5) is 19.1. The van der Waals surface area contributed by atoms with Crippen LogP contribution in [-0.2, 0) is 15.2 Å². The molecule has 31 heavy (non-hydrogen) atoms. The fraction of sp³-hybridized carbons (Fsp3) is 0.579. The second-order valence-corrected chi connectivity index (χ2v) is 8.87. The van der Waals surface area contributed by atoms with Gasteiger partial charge in [-0.2, -0.15) is 11.8 Å². The first-order chi connectivity index (χ1) is 14.7. The fourth-order valence-electron chi connectivity index (χ4n) is 3.69. The van der Waals surface area contributed by atoms with E-state index < -0.39 is 41.1 Å². The Kier molecular flexibility index (Phi) is 6.40. The lowest BCUT2D eigenvalue weighted by Crippen LogP contribution is -2.43. The van der Waals surface area contributed by atoms with Gasteiger partial charge in [0.2, 0.25) is 0 Å². The molecule has 1 saturated heterocycles. The van der Waals surface area contributed by atoms with E-state index in [1.807, 2.05) is 0 Å². The molecule has 1 aromatic carbocycles. The van der Waals surface area contributed by atoms with E-state index in [1.54, 1.807) is 11.8 Å². The van der Waals surface area contributed by atoms with Gasteiger partial charge >= 0.3 is 6.36 Å². The second kappa shape index (κ2) is 8.91. The summed E-state index contributed by atoms with van der Waals surface area (Å²) in [5.74, 6) is -1.88. The summed E-state index contributed by atoms with van der Waals surface area (Å²) in [5, 5.41) is 2.56. The van der Waals surface area contributed by atoms with Crippen LogP contribution in [0.2, 0.25) is 0 Å². The van der Waals surface area contributed by atoms with E-state index in [4.69, 9.17) is 4.74 Å². The third kappa shape index (κ3) is 5.29. The molecule has 0 atom stereocenters. The number of nitrogens with zero attached hydrogens (tertiary/aromatic N) is 1. The molecule has 0 bridgehead atoms. The van der Waals surface area contributed by atoms with Crippen LogP contribution in [0.5, 0.6) is 0 Å². The van der Waals surface area contributed by atoms with Gasteiger partial charge in [0, 0.05) is 24.5 Å². The van der Waals surface area contributed by atoms with Gasteiger partial charge in [-0.1, -0.05) is 0 Å². The molecule has 2 aliphatic rings. The Labute approximate surface area is 177 Å². The van der Waals surface area contributed by atoms with Gasteiger partial charge in [0.25, 0.3) is 5.56 Å². The third-order valence-electron chi connectivity index (χ3n) is 5.30. The molecule has 12 heteroatoms. The molecule has 0 spiro atoms. The maximum atomic E-state index is 14.5. The highest BCUT2D eigenvalue weighted by Crippen LogP contribution is 2.34. The largest absolute Gasteiger partial charge is 0.522 e. The van der Waals surface area contributed by atoms with E-state index in [0.29, 0.717) is 30.0 Å². The number of ether oxygens (including phenoxy) is 2. The van der Waals surface area contributed by atoms with Crippen LogP contribution in [0.4, 0.5) is 27.6 Å². The number of fused-ring (bicyclic) bond motifs is 1. The number of benzene rings is 1. The molecule has 4 rings (SSSR count). The number of aromatic amines is 1. The zero-order chi connectivity index (χ0) is 22.2. The number of halogens is 5. The van der Waals surface area contributed by atoms with Crippen LogP contribution in [0.25, 0.3) is 10.9 Å². The first-order valence-corrected chi connectivity index (χ1v) is 10.9. The normalized spacial score (nSPS) is 22.5. The van der Waals surface area contributed by atoms with Crippen molar-refractivity contribution in [3.63, 3.8) is 0 Å². The van der Waals surface area contributed by atoms with Gasteiger partial charge in [0.15, 0.2) is 11.6 Å². The van der Waals surface area contributed by atoms with E-state index in [0.717, 1.165) is 12.8 Å². The summed E-state index contributed by atoms with van der Waals surface area (Å²) in [6, 6.07) is 0.702. The number of aromatic nitrogens is 2. The van der Waals surface area contributed by atoms with Crippen molar-refractivity contribution >= 4 is 28.4 Å². The van der Waals surface area contributed by atoms with Crippen LogP contribution in [0.15, 0.2) is 10.9 Å². The van der Waals surface area contributed by atoms with Crippen molar-refractivity contribution in [1.29, 1.82) is 0 Å². The van der Waals surface area contributed by atoms with Gasteiger partial charge < -0.3 is 15.0 Å². The summed E-state index contributed by atoms with van der Waals surface area (Å²) in [7, 11) is 0. The Morgan fingerprint density at radius 1 is 1.23 bits per heavy atom. The molecule has 170 valence electrons. The van der Waals surface area contributed by atoms with Crippen LogP contribution in [0.1, 0.15) is 31.5 Å². The van der Waals surface area contributed by atoms with Crippen molar-refractivity contribution in [1.82, 2.24) is 9.97 Å². The highest BCUT2D eigenvalue weighted by molar-refractivity contribution is 7.99. The molecule has 6 nitrogen and oxygen atoms in total. The molecule has 1 saturated carbocycles. The number of thioether (sulfide) groups is 1. The van der Waals surface area contributed by atoms with Crippen LogP contribution >= 0.6 is 11.8 Å². The molecule has 0 radical (unpaired) electrons. The Balaban J connectivity index is 1.49. The molecule has 2 aromatic rings. The van der Waals surface area contributed by atoms with Crippen LogP contribution in [-0.4, -0.2) is 46.9 Å². The molecule has 1 aliphatic carbocycles. The van der Waals surface area contributed by atoms with E-state index in [2.05, 4.69) is 20.0 Å². The van der Waals surface area contributed by atoms with Crippen LogP contribution in [0, 0.1) is 11.6 Å². The Hall–Kier alpha value is -1.92. The third-order valence-corrected chi connectivity index (χ3v) is 6.69. The Morgan fingerprint density at radius 3 is 2.61 bits per heavy atom. The number of alkyl halides is 3. The molecule has 0 unspecified atom stereocenters. The van der Waals surface area contributed by atoms with Crippen molar-refractivity contribution in [3.05, 3.63) is 33.9 Å². The first-order valence-electron chi connectivity index (χ1n) is 9.81. The van der Waals surface area contributed by atoms with Gasteiger partial charge in [-0.3, -0.25) is 9.53 Å². The number of hydrogen-bond acceptors (Lipinski definition) is 6. The molecule has 2 fully saturated rings. The highest BCUT2D eigenvalue weighted by Gasteiger charge is 2.40. The maximum Gasteiger partial charge on any atom is 0.522 e. The second-order valence-electron chi connectivity index (χ2n) is 7.58. The van der Waals surface area contributed by atoms with Gasteiger partial charge in [-0.25, -0.2) is 13.8 Å². The highest BCUT2D eigenvalue weighted by atomic mass is 32.2. The molecular formula is C19H20F5N3O3S. The zero-order valence-electron chi connectivity index (χ0n) is 16.2. The van der Waals surface area contributed by atoms with Gasteiger partial charge in [-0.05, 0) is 31.7 Å². The molecule has 2 N–H and O–H groups in total.